The summed E-state index contributed by atoms with van der Waals surface area (Å²) in [6, 6.07) is 8.08. The molecule has 0 atom stereocenters. The molecule has 0 fully saturated rings. The highest BCUT2D eigenvalue weighted by molar-refractivity contribution is 8.00. The lowest BCUT2D eigenvalue weighted by Gasteiger charge is -2.02. The number of para-hydroxylation sites is 1. The number of nitrogens with zero attached hydrogens (tertiary/aromatic N) is 4. The molecule has 3 rings (SSSR count). The highest BCUT2D eigenvalue weighted by Gasteiger charge is 2.07. The maximum Gasteiger partial charge on any atom is 0.227 e. The summed E-state index contributed by atoms with van der Waals surface area (Å²) in [5, 5.41) is 2.86. The molecule has 0 aliphatic rings. The zero-order valence-electron chi connectivity index (χ0n) is 10.7. The normalized spacial score (nSPS) is 10.8. The Bertz CT molecular complexity index is 709. The van der Waals surface area contributed by atoms with E-state index in [1.54, 1.807) is 30.1 Å². The van der Waals surface area contributed by atoms with E-state index in [9.17, 15) is 0 Å². The van der Waals surface area contributed by atoms with Crippen molar-refractivity contribution in [1.29, 1.82) is 0 Å². The van der Waals surface area contributed by atoms with E-state index in [2.05, 4.69) is 31.3 Å². The number of thiazole rings is 1. The molecule has 3 aromatic rings. The first-order valence-electron chi connectivity index (χ1n) is 5.91. The summed E-state index contributed by atoms with van der Waals surface area (Å²) in [5.74, 6) is 1.97. The van der Waals surface area contributed by atoms with Crippen LogP contribution in [0.15, 0.2) is 28.6 Å². The van der Waals surface area contributed by atoms with Gasteiger partial charge in [0.1, 0.15) is 5.82 Å². The van der Waals surface area contributed by atoms with Crippen LogP contribution >= 0.6 is 23.1 Å². The van der Waals surface area contributed by atoms with E-state index in [4.69, 9.17) is 5.73 Å². The second-order valence-electron chi connectivity index (χ2n) is 3.92. The SMILES string of the molecule is CNc1nc(N)nc(CSc2nc3ccccc3s2)n1. The summed E-state index contributed by atoms with van der Waals surface area (Å²) in [5.41, 5.74) is 6.66. The zero-order valence-corrected chi connectivity index (χ0v) is 12.3. The van der Waals surface area contributed by atoms with Crippen LogP contribution in [-0.4, -0.2) is 27.0 Å². The van der Waals surface area contributed by atoms with Gasteiger partial charge in [-0.1, -0.05) is 23.9 Å². The number of nitrogens with two attached hydrogens (primary N) is 1. The van der Waals surface area contributed by atoms with E-state index in [0.29, 0.717) is 17.5 Å². The molecule has 8 heteroatoms. The lowest BCUT2D eigenvalue weighted by atomic mass is 10.3. The topological polar surface area (TPSA) is 89.6 Å². The summed E-state index contributed by atoms with van der Waals surface area (Å²) < 4.78 is 2.18. The van der Waals surface area contributed by atoms with Gasteiger partial charge in [0.15, 0.2) is 4.34 Å². The van der Waals surface area contributed by atoms with Crippen LogP contribution in [0.3, 0.4) is 0 Å². The second kappa shape index (κ2) is 5.59. The lowest BCUT2D eigenvalue weighted by Crippen LogP contribution is -2.06. The summed E-state index contributed by atoms with van der Waals surface area (Å²) >= 11 is 3.26. The van der Waals surface area contributed by atoms with E-state index in [1.165, 1.54) is 4.70 Å². The molecule has 6 nitrogen and oxygen atoms in total. The number of benzene rings is 1. The van der Waals surface area contributed by atoms with Gasteiger partial charge in [0.25, 0.3) is 0 Å². The standard InChI is InChI=1S/C12H12N6S2/c1-14-11-17-9(16-10(13)18-11)6-19-12-15-7-4-2-3-5-8(7)20-12/h2-5H,6H2,1H3,(H3,13,14,16,17,18). The second-order valence-corrected chi connectivity index (χ2v) is 6.17. The van der Waals surface area contributed by atoms with Crippen molar-refractivity contribution in [2.75, 3.05) is 18.1 Å². The molecule has 2 heterocycles. The Labute approximate surface area is 123 Å². The minimum absolute atomic E-state index is 0.226. The van der Waals surface area contributed by atoms with E-state index >= 15 is 0 Å². The highest BCUT2D eigenvalue weighted by atomic mass is 32.2. The first-order valence-corrected chi connectivity index (χ1v) is 7.71. The van der Waals surface area contributed by atoms with Gasteiger partial charge in [0, 0.05) is 7.05 Å². The van der Waals surface area contributed by atoms with E-state index in [1.807, 2.05) is 18.2 Å². The largest absolute Gasteiger partial charge is 0.368 e. The number of rotatable bonds is 4. The third-order valence-corrected chi connectivity index (χ3v) is 4.70. The molecular formula is C12H12N6S2. The fraction of sp³-hybridized carbons (Fsp3) is 0.167. The van der Waals surface area contributed by atoms with Gasteiger partial charge < -0.3 is 11.1 Å². The molecule has 0 spiro atoms. The summed E-state index contributed by atoms with van der Waals surface area (Å²) in [7, 11) is 1.75. The Kier molecular flexibility index (Phi) is 3.66. The summed E-state index contributed by atoms with van der Waals surface area (Å²) in [6.45, 7) is 0. The molecule has 3 N–H and O–H groups in total. The van der Waals surface area contributed by atoms with Crippen LogP contribution < -0.4 is 11.1 Å². The van der Waals surface area contributed by atoms with Gasteiger partial charge in [-0.15, -0.1) is 11.3 Å². The van der Waals surface area contributed by atoms with E-state index in [0.717, 1.165) is 9.86 Å². The molecule has 0 unspecified atom stereocenters. The molecule has 0 saturated carbocycles. The average Bonchev–Trinajstić information content (AvgIpc) is 2.87. The summed E-state index contributed by atoms with van der Waals surface area (Å²) in [6.07, 6.45) is 0. The molecule has 102 valence electrons. The van der Waals surface area contributed by atoms with Crippen LogP contribution in [0.4, 0.5) is 11.9 Å². The predicted molar refractivity (Wildman–Crippen MR) is 83.0 cm³/mol. The number of nitrogens with one attached hydrogen (secondary N) is 1. The van der Waals surface area contributed by atoms with Crippen molar-refractivity contribution in [2.45, 2.75) is 10.1 Å². The van der Waals surface area contributed by atoms with Gasteiger partial charge in [0.05, 0.1) is 16.0 Å². The third-order valence-electron chi connectivity index (χ3n) is 2.52. The fourth-order valence-corrected chi connectivity index (χ4v) is 3.58. The molecule has 0 aliphatic heterocycles. The average molecular weight is 304 g/mol. The number of anilines is 2. The van der Waals surface area contributed by atoms with Crippen LogP contribution in [0.1, 0.15) is 5.82 Å². The lowest BCUT2D eigenvalue weighted by molar-refractivity contribution is 0.977. The molecule has 0 aliphatic carbocycles. The molecule has 2 aromatic heterocycles. The monoisotopic (exact) mass is 304 g/mol. The van der Waals surface area contributed by atoms with Gasteiger partial charge in [-0.25, -0.2) is 4.98 Å². The van der Waals surface area contributed by atoms with Crippen LogP contribution in [0, 0.1) is 0 Å². The van der Waals surface area contributed by atoms with Crippen molar-refractivity contribution >= 4 is 45.2 Å². The summed E-state index contributed by atoms with van der Waals surface area (Å²) in [4.78, 5) is 16.9. The van der Waals surface area contributed by atoms with Gasteiger partial charge >= 0.3 is 0 Å². The van der Waals surface area contributed by atoms with Crippen molar-refractivity contribution in [1.82, 2.24) is 19.9 Å². The number of hydrogen-bond donors (Lipinski definition) is 2. The number of aromatic nitrogens is 4. The molecule has 0 radical (unpaired) electrons. The zero-order chi connectivity index (χ0) is 13.9. The Morgan fingerprint density at radius 1 is 1.20 bits per heavy atom. The molecule has 0 bridgehead atoms. The highest BCUT2D eigenvalue weighted by Crippen LogP contribution is 2.30. The molecule has 0 amide bonds. The van der Waals surface area contributed by atoms with Crippen molar-refractivity contribution in [3.05, 3.63) is 30.1 Å². The molecular weight excluding hydrogens is 292 g/mol. The number of thioether (sulfide) groups is 1. The first-order chi connectivity index (χ1) is 9.74. The molecule has 1 aromatic carbocycles. The number of fused-ring (bicyclic) bond motifs is 1. The maximum absolute atomic E-state index is 5.64. The van der Waals surface area contributed by atoms with E-state index < -0.39 is 0 Å². The number of hydrogen-bond acceptors (Lipinski definition) is 8. The quantitative estimate of drug-likeness (QED) is 0.715. The third kappa shape index (κ3) is 2.81. The Balaban J connectivity index is 1.77. The Morgan fingerprint density at radius 2 is 2.05 bits per heavy atom. The van der Waals surface area contributed by atoms with Crippen molar-refractivity contribution in [3.8, 4) is 0 Å². The fourth-order valence-electron chi connectivity index (χ4n) is 1.65. The van der Waals surface area contributed by atoms with Gasteiger partial charge in [-0.05, 0) is 12.1 Å². The number of nitrogen functional groups attached to an aromatic ring is 1. The predicted octanol–water partition coefficient (Wildman–Crippen LogP) is 2.40. The maximum atomic E-state index is 5.64. The smallest absolute Gasteiger partial charge is 0.227 e. The minimum atomic E-state index is 0.226. The van der Waals surface area contributed by atoms with Crippen LogP contribution in [0.5, 0.6) is 0 Å². The van der Waals surface area contributed by atoms with Gasteiger partial charge in [0.2, 0.25) is 11.9 Å². The van der Waals surface area contributed by atoms with Crippen molar-refractivity contribution in [2.24, 2.45) is 0 Å². The molecule has 0 saturated heterocycles. The molecule has 20 heavy (non-hydrogen) atoms. The van der Waals surface area contributed by atoms with E-state index in [-0.39, 0.29) is 5.95 Å². The van der Waals surface area contributed by atoms with Gasteiger partial charge in [-0.3, -0.25) is 0 Å². The van der Waals surface area contributed by atoms with Crippen LogP contribution in [-0.2, 0) is 5.75 Å². The van der Waals surface area contributed by atoms with Crippen LogP contribution in [0.25, 0.3) is 10.2 Å². The first kappa shape index (κ1) is 13.1. The van der Waals surface area contributed by atoms with Crippen molar-refractivity contribution < 1.29 is 0 Å². The minimum Gasteiger partial charge on any atom is -0.368 e. The van der Waals surface area contributed by atoms with Gasteiger partial charge in [-0.2, -0.15) is 15.0 Å². The Hall–Kier alpha value is -1.93. The van der Waals surface area contributed by atoms with Crippen molar-refractivity contribution in [3.63, 3.8) is 0 Å². The van der Waals surface area contributed by atoms with Crippen LogP contribution in [0.2, 0.25) is 0 Å². The Morgan fingerprint density at radius 3 is 2.85 bits per heavy atom.